The van der Waals surface area contributed by atoms with Crippen LogP contribution in [0.1, 0.15) is 26.7 Å². The van der Waals surface area contributed by atoms with Crippen molar-refractivity contribution in [3.05, 3.63) is 47.8 Å². The molecule has 0 radical (unpaired) electrons. The number of hydrogen-bond acceptors (Lipinski definition) is 5. The Hall–Kier alpha value is -2.12. The number of para-hydroxylation sites is 1. The first-order valence-electron chi connectivity index (χ1n) is 9.63. The van der Waals surface area contributed by atoms with E-state index in [1.54, 1.807) is 11.3 Å². The van der Waals surface area contributed by atoms with Crippen molar-refractivity contribution in [1.82, 2.24) is 19.7 Å². The van der Waals surface area contributed by atoms with Gasteiger partial charge in [-0.05, 0) is 49.3 Å². The van der Waals surface area contributed by atoms with Crippen LogP contribution < -0.4 is 0 Å². The third-order valence-electron chi connectivity index (χ3n) is 5.11. The predicted molar refractivity (Wildman–Crippen MR) is 115 cm³/mol. The van der Waals surface area contributed by atoms with Gasteiger partial charge in [0.1, 0.15) is 0 Å². The minimum absolute atomic E-state index is 0.192. The fourth-order valence-corrected chi connectivity index (χ4v) is 5.07. The molecule has 7 heteroatoms. The van der Waals surface area contributed by atoms with E-state index in [2.05, 4.69) is 21.7 Å². The average molecular weight is 413 g/mol. The molecule has 3 aromatic rings. The maximum Gasteiger partial charge on any atom is 0.235 e. The van der Waals surface area contributed by atoms with Gasteiger partial charge in [0.25, 0.3) is 0 Å². The van der Waals surface area contributed by atoms with Crippen LogP contribution in [-0.2, 0) is 4.79 Å². The Morgan fingerprint density at radius 1 is 1.14 bits per heavy atom. The molecule has 1 saturated heterocycles. The summed E-state index contributed by atoms with van der Waals surface area (Å²) in [6.07, 6.45) is 2.18. The van der Waals surface area contributed by atoms with Crippen LogP contribution in [0.4, 0.5) is 0 Å². The van der Waals surface area contributed by atoms with E-state index in [4.69, 9.17) is 0 Å². The Morgan fingerprint density at radius 2 is 1.89 bits per heavy atom. The molecule has 146 valence electrons. The summed E-state index contributed by atoms with van der Waals surface area (Å²) in [6.45, 7) is 5.95. The number of carbonyl (C=O) groups excluding carboxylic acids is 1. The van der Waals surface area contributed by atoms with E-state index < -0.39 is 0 Å². The van der Waals surface area contributed by atoms with Crippen molar-refractivity contribution in [3.63, 3.8) is 0 Å². The van der Waals surface area contributed by atoms with E-state index in [1.807, 2.05) is 59.7 Å². The molecule has 0 unspecified atom stereocenters. The largest absolute Gasteiger partial charge is 0.342 e. The summed E-state index contributed by atoms with van der Waals surface area (Å²) in [6, 6.07) is 14.2. The highest BCUT2D eigenvalue weighted by Gasteiger charge is 2.27. The van der Waals surface area contributed by atoms with Crippen molar-refractivity contribution < 1.29 is 4.79 Å². The lowest BCUT2D eigenvalue weighted by Gasteiger charge is -2.31. The third-order valence-corrected chi connectivity index (χ3v) is 7.01. The SMILES string of the molecule is CC1CCN(C(=O)[C@H](C)Sc2nnc(-c3cccs3)n2-c2ccccc2)CC1. The fraction of sp³-hybridized carbons (Fsp3) is 0.381. The van der Waals surface area contributed by atoms with Crippen LogP contribution in [0.3, 0.4) is 0 Å². The van der Waals surface area contributed by atoms with Gasteiger partial charge in [-0.1, -0.05) is 43.0 Å². The lowest BCUT2D eigenvalue weighted by atomic mass is 9.99. The summed E-state index contributed by atoms with van der Waals surface area (Å²) in [7, 11) is 0. The van der Waals surface area contributed by atoms with Gasteiger partial charge in [0.15, 0.2) is 11.0 Å². The second-order valence-corrected chi connectivity index (χ2v) is 9.48. The zero-order chi connectivity index (χ0) is 19.5. The van der Waals surface area contributed by atoms with Gasteiger partial charge in [0.05, 0.1) is 10.1 Å². The molecule has 4 rings (SSSR count). The maximum absolute atomic E-state index is 12.9. The van der Waals surface area contributed by atoms with Crippen molar-refractivity contribution in [2.24, 2.45) is 5.92 Å². The maximum atomic E-state index is 12.9. The first kappa shape index (κ1) is 19.2. The quantitative estimate of drug-likeness (QED) is 0.568. The first-order valence-corrected chi connectivity index (χ1v) is 11.4. The molecule has 2 aromatic heterocycles. The summed E-state index contributed by atoms with van der Waals surface area (Å²) in [5, 5.41) is 11.5. The van der Waals surface area contributed by atoms with Crippen molar-refractivity contribution in [3.8, 4) is 16.4 Å². The second kappa shape index (κ2) is 8.49. The van der Waals surface area contributed by atoms with Gasteiger partial charge in [-0.25, -0.2) is 0 Å². The van der Waals surface area contributed by atoms with E-state index in [1.165, 1.54) is 11.8 Å². The summed E-state index contributed by atoms with van der Waals surface area (Å²) in [5.74, 6) is 1.72. The molecule has 0 N–H and O–H groups in total. The number of piperidine rings is 1. The molecule has 1 aliphatic rings. The van der Waals surface area contributed by atoms with Gasteiger partial charge in [0, 0.05) is 18.8 Å². The van der Waals surface area contributed by atoms with E-state index in [0.29, 0.717) is 5.92 Å². The highest BCUT2D eigenvalue weighted by Crippen LogP contribution is 2.32. The van der Waals surface area contributed by atoms with Crippen LogP contribution in [0.15, 0.2) is 53.0 Å². The lowest BCUT2D eigenvalue weighted by Crippen LogP contribution is -2.41. The summed E-state index contributed by atoms with van der Waals surface area (Å²) >= 11 is 3.13. The summed E-state index contributed by atoms with van der Waals surface area (Å²) < 4.78 is 2.05. The van der Waals surface area contributed by atoms with Crippen LogP contribution >= 0.6 is 23.1 Å². The molecule has 1 fully saturated rings. The van der Waals surface area contributed by atoms with Gasteiger partial charge in [-0.2, -0.15) is 0 Å². The highest BCUT2D eigenvalue weighted by atomic mass is 32.2. The minimum Gasteiger partial charge on any atom is -0.342 e. The summed E-state index contributed by atoms with van der Waals surface area (Å²) in [5.41, 5.74) is 1.00. The Bertz CT molecular complexity index is 915. The first-order chi connectivity index (χ1) is 13.6. The fourth-order valence-electron chi connectivity index (χ4n) is 3.42. The van der Waals surface area contributed by atoms with Crippen LogP contribution in [0.2, 0.25) is 0 Å². The third kappa shape index (κ3) is 4.00. The molecule has 0 saturated carbocycles. The Kier molecular flexibility index (Phi) is 5.82. The summed E-state index contributed by atoms with van der Waals surface area (Å²) in [4.78, 5) is 16.0. The molecule has 0 bridgehead atoms. The molecule has 0 spiro atoms. The van der Waals surface area contributed by atoms with E-state index >= 15 is 0 Å². The van der Waals surface area contributed by atoms with Gasteiger partial charge in [-0.15, -0.1) is 21.5 Å². The average Bonchev–Trinajstić information content (AvgIpc) is 3.38. The molecule has 1 atom stereocenters. The number of benzene rings is 1. The molecular formula is C21H24N4OS2. The number of rotatable bonds is 5. The Morgan fingerprint density at radius 3 is 2.57 bits per heavy atom. The van der Waals surface area contributed by atoms with Crippen molar-refractivity contribution in [2.45, 2.75) is 37.1 Å². The molecule has 28 heavy (non-hydrogen) atoms. The molecule has 5 nitrogen and oxygen atoms in total. The number of likely N-dealkylation sites (tertiary alicyclic amines) is 1. The normalized spacial score (nSPS) is 16.3. The predicted octanol–water partition coefficient (Wildman–Crippen LogP) is 4.73. The number of nitrogens with zero attached hydrogens (tertiary/aromatic N) is 4. The number of aromatic nitrogens is 3. The lowest BCUT2D eigenvalue weighted by molar-refractivity contribution is -0.131. The van der Waals surface area contributed by atoms with Gasteiger partial charge >= 0.3 is 0 Å². The van der Waals surface area contributed by atoms with E-state index in [0.717, 1.165) is 47.5 Å². The van der Waals surface area contributed by atoms with Gasteiger partial charge in [-0.3, -0.25) is 9.36 Å². The standard InChI is InChI=1S/C21H24N4OS2/c1-15-10-12-24(13-11-15)20(26)16(2)28-21-23-22-19(18-9-6-14-27-18)25(21)17-7-4-3-5-8-17/h3-9,14-16H,10-13H2,1-2H3/t16-/m0/s1. The zero-order valence-electron chi connectivity index (χ0n) is 16.1. The zero-order valence-corrected chi connectivity index (χ0v) is 17.7. The number of thioether (sulfide) groups is 1. The van der Waals surface area contributed by atoms with Crippen molar-refractivity contribution >= 4 is 29.0 Å². The topological polar surface area (TPSA) is 51.0 Å². The van der Waals surface area contributed by atoms with Gasteiger partial charge < -0.3 is 4.90 Å². The van der Waals surface area contributed by atoms with Crippen LogP contribution in [0.25, 0.3) is 16.4 Å². The minimum atomic E-state index is -0.198. The van der Waals surface area contributed by atoms with Crippen LogP contribution in [0, 0.1) is 5.92 Å². The van der Waals surface area contributed by atoms with Gasteiger partial charge in [0.2, 0.25) is 5.91 Å². The molecule has 3 heterocycles. The highest BCUT2D eigenvalue weighted by molar-refractivity contribution is 8.00. The number of thiophene rings is 1. The number of hydrogen-bond donors (Lipinski definition) is 0. The molecule has 1 aromatic carbocycles. The van der Waals surface area contributed by atoms with Crippen LogP contribution in [-0.4, -0.2) is 43.9 Å². The Balaban J connectivity index is 1.60. The van der Waals surface area contributed by atoms with E-state index in [9.17, 15) is 4.79 Å². The van der Waals surface area contributed by atoms with E-state index in [-0.39, 0.29) is 11.2 Å². The second-order valence-electron chi connectivity index (χ2n) is 7.22. The van der Waals surface area contributed by atoms with Crippen molar-refractivity contribution in [2.75, 3.05) is 13.1 Å². The molecule has 1 aliphatic heterocycles. The molecule has 0 aliphatic carbocycles. The molecule has 1 amide bonds. The number of amides is 1. The molecular weight excluding hydrogens is 388 g/mol. The smallest absolute Gasteiger partial charge is 0.235 e. The monoisotopic (exact) mass is 412 g/mol. The Labute approximate surface area is 173 Å². The van der Waals surface area contributed by atoms with Crippen molar-refractivity contribution in [1.29, 1.82) is 0 Å². The number of carbonyl (C=O) groups is 1. The van der Waals surface area contributed by atoms with Crippen LogP contribution in [0.5, 0.6) is 0 Å².